The molecule has 0 radical (unpaired) electrons. The Morgan fingerprint density at radius 1 is 1.00 bits per heavy atom. The van der Waals surface area contributed by atoms with Crippen molar-refractivity contribution in [2.24, 2.45) is 0 Å². The molecule has 7 heteroatoms. The van der Waals surface area contributed by atoms with Gasteiger partial charge in [-0.2, -0.15) is 15.0 Å². The summed E-state index contributed by atoms with van der Waals surface area (Å²) < 4.78 is 1.18. The van der Waals surface area contributed by atoms with E-state index in [4.69, 9.17) is 11.5 Å². The standard InChI is InChI=1S/C10H11IN6/c11-6-1-3-7(4-2-6)14-5-8-15-9(12)17-10(13)16-8/h1-4,14H,5H2,(H4,12,13,15,16,17). The van der Waals surface area contributed by atoms with Crippen molar-refractivity contribution < 1.29 is 0 Å². The number of anilines is 3. The van der Waals surface area contributed by atoms with Crippen molar-refractivity contribution in [1.82, 2.24) is 15.0 Å². The van der Waals surface area contributed by atoms with Crippen LogP contribution in [0.4, 0.5) is 17.6 Å². The Balaban J connectivity index is 2.04. The van der Waals surface area contributed by atoms with Gasteiger partial charge in [0, 0.05) is 9.26 Å². The maximum absolute atomic E-state index is 5.48. The molecule has 5 N–H and O–H groups in total. The molecule has 1 aromatic carbocycles. The van der Waals surface area contributed by atoms with Crippen LogP contribution >= 0.6 is 22.6 Å². The van der Waals surface area contributed by atoms with E-state index in [0.717, 1.165) is 5.69 Å². The first-order valence-corrected chi connectivity index (χ1v) is 5.97. The van der Waals surface area contributed by atoms with E-state index in [9.17, 15) is 0 Å². The Hall–Kier alpha value is -1.64. The lowest BCUT2D eigenvalue weighted by molar-refractivity contribution is 0.924. The summed E-state index contributed by atoms with van der Waals surface area (Å²) in [5.74, 6) is 0.794. The van der Waals surface area contributed by atoms with Crippen molar-refractivity contribution in [3.63, 3.8) is 0 Å². The molecule has 0 unspecified atom stereocenters. The molecule has 1 aromatic heterocycles. The van der Waals surface area contributed by atoms with Crippen LogP contribution < -0.4 is 16.8 Å². The summed E-state index contributed by atoms with van der Waals surface area (Å²) in [7, 11) is 0. The zero-order chi connectivity index (χ0) is 12.3. The third-order valence-corrected chi connectivity index (χ3v) is 2.73. The third-order valence-electron chi connectivity index (χ3n) is 2.01. The van der Waals surface area contributed by atoms with Gasteiger partial charge in [0.05, 0.1) is 6.54 Å². The molecule has 0 aliphatic heterocycles. The van der Waals surface area contributed by atoms with Gasteiger partial charge in [0.25, 0.3) is 0 Å². The molecule has 0 saturated carbocycles. The number of rotatable bonds is 3. The highest BCUT2D eigenvalue weighted by atomic mass is 127. The number of aromatic nitrogens is 3. The first kappa shape index (κ1) is 11.8. The van der Waals surface area contributed by atoms with E-state index in [0.29, 0.717) is 12.4 Å². The molecule has 0 bridgehead atoms. The second-order valence-electron chi connectivity index (χ2n) is 3.33. The molecule has 1 heterocycles. The van der Waals surface area contributed by atoms with Crippen LogP contribution in [-0.2, 0) is 6.54 Å². The Kier molecular flexibility index (Phi) is 3.57. The minimum atomic E-state index is 0.136. The fraction of sp³-hybridized carbons (Fsp3) is 0.100. The molecule has 2 rings (SSSR count). The summed E-state index contributed by atoms with van der Waals surface area (Å²) >= 11 is 2.25. The van der Waals surface area contributed by atoms with Crippen molar-refractivity contribution in [1.29, 1.82) is 0 Å². The SMILES string of the molecule is Nc1nc(N)nc(CNc2ccc(I)cc2)n1. The highest BCUT2D eigenvalue weighted by Crippen LogP contribution is 2.11. The van der Waals surface area contributed by atoms with E-state index in [1.807, 2.05) is 24.3 Å². The summed E-state index contributed by atoms with van der Waals surface area (Å²) in [6.07, 6.45) is 0. The van der Waals surface area contributed by atoms with E-state index in [1.165, 1.54) is 3.57 Å². The predicted molar refractivity (Wildman–Crippen MR) is 75.1 cm³/mol. The van der Waals surface area contributed by atoms with E-state index >= 15 is 0 Å². The van der Waals surface area contributed by atoms with Gasteiger partial charge in [0.1, 0.15) is 0 Å². The van der Waals surface area contributed by atoms with Gasteiger partial charge >= 0.3 is 0 Å². The number of nitrogens with one attached hydrogen (secondary N) is 1. The molecular weight excluding hydrogens is 331 g/mol. The monoisotopic (exact) mass is 342 g/mol. The maximum atomic E-state index is 5.48. The molecule has 0 saturated heterocycles. The smallest absolute Gasteiger partial charge is 0.225 e. The lowest BCUT2D eigenvalue weighted by Gasteiger charge is -2.06. The number of halogens is 1. The Morgan fingerprint density at radius 2 is 1.59 bits per heavy atom. The third kappa shape index (κ3) is 3.41. The number of nitrogen functional groups attached to an aromatic ring is 2. The van der Waals surface area contributed by atoms with Crippen LogP contribution in [0, 0.1) is 3.57 Å². The number of hydrogen-bond donors (Lipinski definition) is 3. The quantitative estimate of drug-likeness (QED) is 0.726. The minimum absolute atomic E-state index is 0.136. The Bertz CT molecular complexity index is 492. The van der Waals surface area contributed by atoms with E-state index < -0.39 is 0 Å². The number of benzene rings is 1. The largest absolute Gasteiger partial charge is 0.378 e. The minimum Gasteiger partial charge on any atom is -0.378 e. The van der Waals surface area contributed by atoms with E-state index in [1.54, 1.807) is 0 Å². The second kappa shape index (κ2) is 5.13. The van der Waals surface area contributed by atoms with Crippen LogP contribution in [0.15, 0.2) is 24.3 Å². The summed E-state index contributed by atoms with van der Waals surface area (Å²) in [4.78, 5) is 11.7. The summed E-state index contributed by atoms with van der Waals surface area (Å²) in [6.45, 7) is 0.456. The molecule has 0 fully saturated rings. The maximum Gasteiger partial charge on any atom is 0.225 e. The van der Waals surface area contributed by atoms with Crippen LogP contribution in [-0.4, -0.2) is 15.0 Å². The van der Waals surface area contributed by atoms with Gasteiger partial charge in [0.2, 0.25) is 11.9 Å². The van der Waals surface area contributed by atoms with Gasteiger partial charge in [0.15, 0.2) is 5.82 Å². The summed E-state index contributed by atoms with van der Waals surface area (Å²) in [5, 5.41) is 3.18. The Morgan fingerprint density at radius 3 is 2.18 bits per heavy atom. The van der Waals surface area contributed by atoms with Gasteiger partial charge < -0.3 is 16.8 Å². The van der Waals surface area contributed by atoms with Gasteiger partial charge in [-0.05, 0) is 46.9 Å². The number of nitrogens with zero attached hydrogens (tertiary/aromatic N) is 3. The van der Waals surface area contributed by atoms with Crippen LogP contribution in [0.5, 0.6) is 0 Å². The fourth-order valence-electron chi connectivity index (χ4n) is 1.28. The normalized spacial score (nSPS) is 10.2. The van der Waals surface area contributed by atoms with Crippen molar-refractivity contribution in [2.45, 2.75) is 6.54 Å². The molecule has 2 aromatic rings. The van der Waals surface area contributed by atoms with Gasteiger partial charge in [-0.15, -0.1) is 0 Å². The average molecular weight is 342 g/mol. The van der Waals surface area contributed by atoms with E-state index in [2.05, 4.69) is 42.9 Å². The zero-order valence-corrected chi connectivity index (χ0v) is 11.0. The highest BCUT2D eigenvalue weighted by molar-refractivity contribution is 14.1. The second-order valence-corrected chi connectivity index (χ2v) is 4.57. The number of nitrogens with two attached hydrogens (primary N) is 2. The highest BCUT2D eigenvalue weighted by Gasteiger charge is 2.01. The van der Waals surface area contributed by atoms with Crippen LogP contribution in [0.3, 0.4) is 0 Å². The van der Waals surface area contributed by atoms with E-state index in [-0.39, 0.29) is 11.9 Å². The van der Waals surface area contributed by atoms with Crippen molar-refractivity contribution in [3.8, 4) is 0 Å². The van der Waals surface area contributed by atoms with Gasteiger partial charge in [-0.1, -0.05) is 0 Å². The zero-order valence-electron chi connectivity index (χ0n) is 8.89. The summed E-state index contributed by atoms with van der Waals surface area (Å²) in [6, 6.07) is 7.99. The molecule has 6 nitrogen and oxygen atoms in total. The van der Waals surface area contributed by atoms with Crippen molar-refractivity contribution >= 4 is 40.2 Å². The topological polar surface area (TPSA) is 103 Å². The Labute approximate surface area is 112 Å². The van der Waals surface area contributed by atoms with Crippen LogP contribution in [0.2, 0.25) is 0 Å². The van der Waals surface area contributed by atoms with Gasteiger partial charge in [-0.3, -0.25) is 0 Å². The summed E-state index contributed by atoms with van der Waals surface area (Å²) in [5.41, 5.74) is 11.9. The van der Waals surface area contributed by atoms with Crippen molar-refractivity contribution in [2.75, 3.05) is 16.8 Å². The molecule has 0 amide bonds. The molecule has 0 aliphatic carbocycles. The number of hydrogen-bond acceptors (Lipinski definition) is 6. The molecule has 88 valence electrons. The molecule has 0 aliphatic rings. The fourth-order valence-corrected chi connectivity index (χ4v) is 1.64. The molecule has 17 heavy (non-hydrogen) atoms. The molecule has 0 atom stereocenters. The first-order valence-electron chi connectivity index (χ1n) is 4.89. The van der Waals surface area contributed by atoms with Crippen molar-refractivity contribution in [3.05, 3.63) is 33.7 Å². The lowest BCUT2D eigenvalue weighted by Crippen LogP contribution is -2.10. The van der Waals surface area contributed by atoms with Crippen LogP contribution in [0.1, 0.15) is 5.82 Å². The average Bonchev–Trinajstić information content (AvgIpc) is 2.27. The van der Waals surface area contributed by atoms with Crippen LogP contribution in [0.25, 0.3) is 0 Å². The molecular formula is C10H11IN6. The first-order chi connectivity index (χ1) is 8.13. The van der Waals surface area contributed by atoms with Gasteiger partial charge in [-0.25, -0.2) is 0 Å². The molecule has 0 spiro atoms. The predicted octanol–water partition coefficient (Wildman–Crippen LogP) is 1.25. The lowest BCUT2D eigenvalue weighted by atomic mass is 10.3.